The average Bonchev–Trinajstić information content (AvgIpc) is 3.59. The van der Waals surface area contributed by atoms with Gasteiger partial charge in [0, 0.05) is 12.1 Å². The Morgan fingerprint density at radius 2 is 2.05 bits per heavy atom. The Kier molecular flexibility index (Phi) is 8.84. The number of halogens is 2. The van der Waals surface area contributed by atoms with E-state index in [-0.39, 0.29) is 29.8 Å². The highest BCUT2D eigenvalue weighted by Gasteiger charge is 2.26. The molecule has 1 aliphatic rings. The Bertz CT molecular complexity index is 1550. The number of nitrogen functional groups attached to an aromatic ring is 1. The topological polar surface area (TPSA) is 159 Å². The molecule has 2 aromatic heterocycles. The van der Waals surface area contributed by atoms with Crippen molar-refractivity contribution >= 4 is 33.9 Å². The number of ether oxygens (including phenoxy) is 2. The fourth-order valence-corrected chi connectivity index (χ4v) is 4.97. The summed E-state index contributed by atoms with van der Waals surface area (Å²) in [5.74, 6) is -0.129. The molecule has 4 aromatic rings. The zero-order chi connectivity index (χ0) is 28.8. The Balaban J connectivity index is 1.33. The number of nitrogens with one attached hydrogen (secondary N) is 1. The third-order valence-electron chi connectivity index (χ3n) is 6.43. The predicted octanol–water partition coefficient (Wildman–Crippen LogP) is 3.47. The summed E-state index contributed by atoms with van der Waals surface area (Å²) < 4.78 is 31.8. The van der Waals surface area contributed by atoms with Crippen molar-refractivity contribution in [3.63, 3.8) is 0 Å². The maximum absolute atomic E-state index is 14.0. The first kappa shape index (κ1) is 28.2. The van der Waals surface area contributed by atoms with E-state index in [0.29, 0.717) is 39.3 Å². The molecule has 41 heavy (non-hydrogen) atoms. The van der Waals surface area contributed by atoms with Gasteiger partial charge >= 0.3 is 0 Å². The van der Waals surface area contributed by atoms with E-state index in [2.05, 4.69) is 52.0 Å². The number of piperidine rings is 1. The minimum absolute atomic E-state index is 0.0121. The molecule has 0 atom stereocenters. The molecule has 0 radical (unpaired) electrons. The Morgan fingerprint density at radius 3 is 2.78 bits per heavy atom. The fourth-order valence-electron chi connectivity index (χ4n) is 4.40. The van der Waals surface area contributed by atoms with Crippen molar-refractivity contribution < 1.29 is 23.3 Å². The highest BCUT2D eigenvalue weighted by atomic mass is 79.9. The standard InChI is InChI=1S/C26H27BrFN9O4/c1-39-21-12-16(11-18(27)23(21)40-15-17-7-3-4-8-19(17)28)13-30-32-26(38)22-20(14-36-9-5-2-6-10-36)31-35-37(22)25-24(29)33-41-34-25/h3-4,7-8,11-13H,2,5-6,9-10,14-15H2,1H3,(H2,29,33)(H,32,38)/b30-13-. The Labute approximate surface area is 242 Å². The van der Waals surface area contributed by atoms with Crippen LogP contribution >= 0.6 is 15.9 Å². The normalized spacial score (nSPS) is 13.9. The number of nitrogens with two attached hydrogens (primary N) is 1. The van der Waals surface area contributed by atoms with E-state index >= 15 is 0 Å². The number of nitrogens with zero attached hydrogens (tertiary/aromatic N) is 7. The quantitative estimate of drug-likeness (QED) is 0.197. The van der Waals surface area contributed by atoms with Crippen molar-refractivity contribution in [2.75, 3.05) is 25.9 Å². The SMILES string of the molecule is COc1cc(/C=N\NC(=O)c2c(CN3CCCCC3)nnn2-c2nonc2N)cc(Br)c1OCc1ccccc1F. The lowest BCUT2D eigenvalue weighted by atomic mass is 10.1. The zero-order valence-corrected chi connectivity index (χ0v) is 23.7. The number of rotatable bonds is 10. The van der Waals surface area contributed by atoms with Crippen LogP contribution in [0.4, 0.5) is 10.2 Å². The number of benzene rings is 2. The number of anilines is 1. The average molecular weight is 628 g/mol. The molecule has 5 rings (SSSR count). The van der Waals surface area contributed by atoms with E-state index in [1.807, 2.05) is 0 Å². The van der Waals surface area contributed by atoms with Crippen LogP contribution in [-0.2, 0) is 13.2 Å². The molecule has 3 N–H and O–H groups in total. The van der Waals surface area contributed by atoms with E-state index in [4.69, 9.17) is 19.8 Å². The van der Waals surface area contributed by atoms with Gasteiger partial charge in [-0.05, 0) is 75.9 Å². The second kappa shape index (κ2) is 12.9. The summed E-state index contributed by atoms with van der Waals surface area (Å²) in [5, 5.41) is 19.8. The maximum Gasteiger partial charge on any atom is 0.292 e. The first-order valence-electron chi connectivity index (χ1n) is 12.8. The molecule has 3 heterocycles. The second-order valence-corrected chi connectivity index (χ2v) is 10.1. The molecule has 1 saturated heterocycles. The van der Waals surface area contributed by atoms with Crippen LogP contribution in [0.5, 0.6) is 11.5 Å². The number of methoxy groups -OCH3 is 1. The molecular formula is C26H27BrFN9O4. The molecule has 1 fully saturated rings. The summed E-state index contributed by atoms with van der Waals surface area (Å²) in [4.78, 5) is 15.5. The summed E-state index contributed by atoms with van der Waals surface area (Å²) >= 11 is 3.47. The molecule has 13 nitrogen and oxygen atoms in total. The molecule has 1 amide bonds. The monoisotopic (exact) mass is 627 g/mol. The largest absolute Gasteiger partial charge is 0.493 e. The van der Waals surface area contributed by atoms with Crippen molar-refractivity contribution in [2.24, 2.45) is 5.10 Å². The number of hydrazone groups is 1. The van der Waals surface area contributed by atoms with E-state index < -0.39 is 5.91 Å². The molecular weight excluding hydrogens is 601 g/mol. The van der Waals surface area contributed by atoms with Crippen LogP contribution in [0.1, 0.15) is 46.6 Å². The predicted molar refractivity (Wildman–Crippen MR) is 149 cm³/mol. The molecule has 214 valence electrons. The summed E-state index contributed by atoms with van der Waals surface area (Å²) in [7, 11) is 1.49. The van der Waals surface area contributed by atoms with E-state index in [9.17, 15) is 9.18 Å². The van der Waals surface area contributed by atoms with Crippen LogP contribution < -0.4 is 20.6 Å². The highest BCUT2D eigenvalue weighted by molar-refractivity contribution is 9.10. The van der Waals surface area contributed by atoms with Crippen LogP contribution in [0, 0.1) is 5.82 Å². The van der Waals surface area contributed by atoms with Crippen LogP contribution in [0.3, 0.4) is 0 Å². The van der Waals surface area contributed by atoms with Gasteiger partial charge in [0.25, 0.3) is 5.91 Å². The lowest BCUT2D eigenvalue weighted by molar-refractivity contribution is 0.0944. The Hall–Kier alpha value is -4.37. The fraction of sp³-hybridized carbons (Fsp3) is 0.308. The third kappa shape index (κ3) is 6.52. The number of hydrogen-bond acceptors (Lipinski definition) is 11. The van der Waals surface area contributed by atoms with Gasteiger partial charge in [0.1, 0.15) is 18.1 Å². The third-order valence-corrected chi connectivity index (χ3v) is 7.02. The first-order chi connectivity index (χ1) is 19.9. The molecule has 0 aliphatic carbocycles. The number of carbonyl (C=O) groups is 1. The maximum atomic E-state index is 14.0. The summed E-state index contributed by atoms with van der Waals surface area (Å²) in [5.41, 5.74) is 9.94. The van der Waals surface area contributed by atoms with Gasteiger partial charge in [0.2, 0.25) is 11.6 Å². The van der Waals surface area contributed by atoms with Crippen LogP contribution in [0.2, 0.25) is 0 Å². The molecule has 1 aliphatic heterocycles. The van der Waals surface area contributed by atoms with Gasteiger partial charge < -0.3 is 15.2 Å². The summed E-state index contributed by atoms with van der Waals surface area (Å²) in [6, 6.07) is 9.77. The van der Waals surface area contributed by atoms with E-state index in [0.717, 1.165) is 25.9 Å². The lowest BCUT2D eigenvalue weighted by Crippen LogP contribution is -2.31. The van der Waals surface area contributed by atoms with Crippen molar-refractivity contribution in [1.82, 2.24) is 35.6 Å². The number of likely N-dealkylation sites (tertiary alicyclic amines) is 1. The van der Waals surface area contributed by atoms with Crippen molar-refractivity contribution in [3.05, 3.63) is 69.2 Å². The van der Waals surface area contributed by atoms with Gasteiger partial charge in [0.15, 0.2) is 17.2 Å². The molecule has 0 bridgehead atoms. The zero-order valence-electron chi connectivity index (χ0n) is 22.1. The molecule has 15 heteroatoms. The summed E-state index contributed by atoms with van der Waals surface area (Å²) in [6.45, 7) is 2.24. The van der Waals surface area contributed by atoms with Gasteiger partial charge in [-0.2, -0.15) is 9.78 Å². The minimum atomic E-state index is -0.573. The number of carbonyl (C=O) groups excluding carboxylic acids is 1. The number of amides is 1. The van der Waals surface area contributed by atoms with Gasteiger partial charge in [-0.1, -0.05) is 29.8 Å². The second-order valence-electron chi connectivity index (χ2n) is 9.22. The van der Waals surface area contributed by atoms with Crippen molar-refractivity contribution in [2.45, 2.75) is 32.4 Å². The lowest BCUT2D eigenvalue weighted by Gasteiger charge is -2.25. The van der Waals surface area contributed by atoms with Gasteiger partial charge in [-0.3, -0.25) is 9.69 Å². The molecule has 0 saturated carbocycles. The van der Waals surface area contributed by atoms with E-state index in [1.165, 1.54) is 30.5 Å². The van der Waals surface area contributed by atoms with Crippen molar-refractivity contribution in [3.8, 4) is 17.3 Å². The van der Waals surface area contributed by atoms with Crippen molar-refractivity contribution in [1.29, 1.82) is 0 Å². The molecule has 0 unspecified atom stereocenters. The summed E-state index contributed by atoms with van der Waals surface area (Å²) in [6.07, 6.45) is 4.76. The number of hydrogen-bond donors (Lipinski definition) is 2. The number of aromatic nitrogens is 5. The smallest absolute Gasteiger partial charge is 0.292 e. The van der Waals surface area contributed by atoms with E-state index in [1.54, 1.807) is 30.3 Å². The minimum Gasteiger partial charge on any atom is -0.493 e. The van der Waals surface area contributed by atoms with Crippen LogP contribution in [-0.4, -0.2) is 62.5 Å². The van der Waals surface area contributed by atoms with Crippen LogP contribution in [0.25, 0.3) is 5.82 Å². The van der Waals surface area contributed by atoms with Gasteiger partial charge in [0.05, 0.1) is 17.8 Å². The highest BCUT2D eigenvalue weighted by Crippen LogP contribution is 2.37. The molecule has 2 aromatic carbocycles. The van der Waals surface area contributed by atoms with Crippen LogP contribution in [0.15, 0.2) is 50.6 Å². The van der Waals surface area contributed by atoms with Gasteiger partial charge in [-0.25, -0.2) is 14.4 Å². The Morgan fingerprint density at radius 1 is 1.24 bits per heavy atom. The van der Waals surface area contributed by atoms with Gasteiger partial charge in [-0.15, -0.1) is 5.10 Å². The molecule has 0 spiro atoms. The first-order valence-corrected chi connectivity index (χ1v) is 13.6.